The molecule has 112 valence electrons. The molecule has 2 heterocycles. The topological polar surface area (TPSA) is 69.0 Å². The number of hydrogen-bond donors (Lipinski definition) is 1. The summed E-state index contributed by atoms with van der Waals surface area (Å²) in [5, 5.41) is 9.34. The zero-order valence-corrected chi connectivity index (χ0v) is 12.7. The van der Waals surface area contributed by atoms with E-state index in [1.165, 1.54) is 11.3 Å². The first kappa shape index (κ1) is 14.3. The van der Waals surface area contributed by atoms with Crippen LogP contribution in [0.4, 0.5) is 5.13 Å². The normalized spacial score (nSPS) is 11.9. The fraction of sp³-hybridized carbons (Fsp3) is 0.133. The number of carbonyl (C=O) groups is 1. The van der Waals surface area contributed by atoms with E-state index in [1.807, 2.05) is 30.3 Å². The largest absolute Gasteiger partial charge is 0.463 e. The average molecular weight is 314 g/mol. The van der Waals surface area contributed by atoms with Crippen LogP contribution in [0.3, 0.4) is 0 Å². The monoisotopic (exact) mass is 314 g/mol. The molecule has 3 rings (SSSR count). The summed E-state index contributed by atoms with van der Waals surface area (Å²) >= 11 is 1.36. The van der Waals surface area contributed by atoms with Gasteiger partial charge >= 0.3 is 0 Å². The van der Waals surface area contributed by atoms with E-state index >= 15 is 0 Å². The number of benzene rings is 1. The highest BCUT2D eigenvalue weighted by Crippen LogP contribution is 2.15. The fourth-order valence-corrected chi connectivity index (χ4v) is 2.35. The van der Waals surface area contributed by atoms with Crippen LogP contribution in [0.15, 0.2) is 54.2 Å². The van der Waals surface area contributed by atoms with Crippen molar-refractivity contribution in [3.05, 3.63) is 54.2 Å². The first-order valence-electron chi connectivity index (χ1n) is 6.70. The van der Waals surface area contributed by atoms with Crippen molar-refractivity contribution >= 4 is 22.4 Å². The molecule has 0 fully saturated rings. The van der Waals surface area contributed by atoms with E-state index in [4.69, 9.17) is 4.74 Å². The maximum absolute atomic E-state index is 12.0. The molecule has 7 heteroatoms. The Labute approximate surface area is 131 Å². The van der Waals surface area contributed by atoms with Crippen LogP contribution in [-0.2, 0) is 4.79 Å². The van der Waals surface area contributed by atoms with Gasteiger partial charge in [-0.1, -0.05) is 18.2 Å². The highest BCUT2D eigenvalue weighted by atomic mass is 32.1. The highest BCUT2D eigenvalue weighted by Gasteiger charge is 2.17. The van der Waals surface area contributed by atoms with E-state index in [0.717, 1.165) is 5.69 Å². The molecule has 22 heavy (non-hydrogen) atoms. The lowest BCUT2D eigenvalue weighted by Gasteiger charge is -2.11. The van der Waals surface area contributed by atoms with E-state index < -0.39 is 6.10 Å². The average Bonchev–Trinajstić information content (AvgIpc) is 3.20. The van der Waals surface area contributed by atoms with Crippen molar-refractivity contribution in [2.75, 3.05) is 5.32 Å². The molecule has 0 spiro atoms. The van der Waals surface area contributed by atoms with Crippen molar-refractivity contribution in [1.82, 2.24) is 14.8 Å². The number of nitrogens with zero attached hydrogens (tertiary/aromatic N) is 3. The second kappa shape index (κ2) is 6.40. The van der Waals surface area contributed by atoms with Crippen LogP contribution in [0.5, 0.6) is 5.88 Å². The Morgan fingerprint density at radius 3 is 2.86 bits per heavy atom. The molecule has 1 aromatic carbocycles. The van der Waals surface area contributed by atoms with E-state index in [9.17, 15) is 4.79 Å². The van der Waals surface area contributed by atoms with Crippen molar-refractivity contribution in [1.29, 1.82) is 0 Å². The summed E-state index contributed by atoms with van der Waals surface area (Å²) in [6.45, 7) is 1.67. The van der Waals surface area contributed by atoms with Crippen molar-refractivity contribution in [3.63, 3.8) is 0 Å². The number of carbonyl (C=O) groups excluding carboxylic acids is 1. The van der Waals surface area contributed by atoms with Gasteiger partial charge in [0.15, 0.2) is 11.2 Å². The molecule has 1 amide bonds. The number of amides is 1. The number of rotatable bonds is 5. The van der Waals surface area contributed by atoms with Gasteiger partial charge in [0.05, 0.1) is 5.69 Å². The summed E-state index contributed by atoms with van der Waals surface area (Å²) in [5.74, 6) is 0.134. The van der Waals surface area contributed by atoms with Crippen molar-refractivity contribution < 1.29 is 9.53 Å². The van der Waals surface area contributed by atoms with Gasteiger partial charge in [-0.2, -0.15) is 0 Å². The molecule has 0 saturated carbocycles. The Hall–Kier alpha value is -2.67. The van der Waals surface area contributed by atoms with Crippen molar-refractivity contribution in [2.24, 2.45) is 0 Å². The molecule has 0 aliphatic carbocycles. The lowest BCUT2D eigenvalue weighted by atomic mass is 10.3. The fourth-order valence-electron chi connectivity index (χ4n) is 1.82. The Morgan fingerprint density at radius 2 is 2.14 bits per heavy atom. The first-order chi connectivity index (χ1) is 10.7. The van der Waals surface area contributed by atoms with Crippen LogP contribution < -0.4 is 10.1 Å². The molecular weight excluding hydrogens is 300 g/mol. The van der Waals surface area contributed by atoms with Gasteiger partial charge in [0.1, 0.15) is 0 Å². The third kappa shape index (κ3) is 3.32. The van der Waals surface area contributed by atoms with E-state index in [2.05, 4.69) is 15.4 Å². The number of para-hydroxylation sites is 1. The first-order valence-corrected chi connectivity index (χ1v) is 7.58. The zero-order valence-electron chi connectivity index (χ0n) is 11.8. The summed E-state index contributed by atoms with van der Waals surface area (Å²) in [5.41, 5.74) is 0.928. The summed E-state index contributed by atoms with van der Waals surface area (Å²) < 4.78 is 7.26. The third-order valence-electron chi connectivity index (χ3n) is 2.91. The number of thiazole rings is 1. The molecule has 1 N–H and O–H groups in total. The molecular formula is C15H14N4O2S. The molecule has 2 aromatic heterocycles. The minimum atomic E-state index is -0.664. The summed E-state index contributed by atoms with van der Waals surface area (Å²) in [6.07, 6.45) is 2.76. The molecule has 0 radical (unpaired) electrons. The van der Waals surface area contributed by atoms with Gasteiger partial charge in [0, 0.05) is 23.8 Å². The maximum Gasteiger partial charge on any atom is 0.266 e. The van der Waals surface area contributed by atoms with E-state index in [0.29, 0.717) is 11.0 Å². The smallest absolute Gasteiger partial charge is 0.266 e. The predicted octanol–water partition coefficient (Wildman–Crippen LogP) is 2.73. The molecule has 0 aliphatic heterocycles. The maximum atomic E-state index is 12.0. The number of nitrogens with one attached hydrogen (secondary N) is 1. The Kier molecular flexibility index (Phi) is 4.15. The van der Waals surface area contributed by atoms with Crippen LogP contribution in [-0.4, -0.2) is 26.8 Å². The van der Waals surface area contributed by atoms with Crippen molar-refractivity contribution in [3.8, 4) is 11.6 Å². The summed E-state index contributed by atoms with van der Waals surface area (Å²) in [6, 6.07) is 11.4. The number of ether oxygens (including phenoxy) is 1. The number of anilines is 1. The lowest BCUT2D eigenvalue weighted by molar-refractivity contribution is -0.122. The van der Waals surface area contributed by atoms with Gasteiger partial charge in [-0.25, -0.2) is 9.67 Å². The molecule has 0 saturated heterocycles. The minimum Gasteiger partial charge on any atom is -0.463 e. The van der Waals surface area contributed by atoms with Gasteiger partial charge < -0.3 is 4.74 Å². The Morgan fingerprint density at radius 1 is 1.32 bits per heavy atom. The minimum absolute atomic E-state index is 0.260. The standard InChI is InChI=1S/C15H14N4O2S/c1-11(14(20)17-15-16-8-10-22-15)21-13-7-9-19(18-13)12-5-3-2-4-6-12/h2-11H,1H3,(H,16,17,20). The quantitative estimate of drug-likeness (QED) is 0.786. The number of hydrogen-bond acceptors (Lipinski definition) is 5. The molecule has 6 nitrogen and oxygen atoms in total. The lowest BCUT2D eigenvalue weighted by Crippen LogP contribution is -2.30. The summed E-state index contributed by atoms with van der Waals surface area (Å²) in [7, 11) is 0. The van der Waals surface area contributed by atoms with Crippen molar-refractivity contribution in [2.45, 2.75) is 13.0 Å². The van der Waals surface area contributed by atoms with Crippen LogP contribution >= 0.6 is 11.3 Å². The van der Waals surface area contributed by atoms with E-state index in [1.54, 1.807) is 35.4 Å². The molecule has 0 bridgehead atoms. The van der Waals surface area contributed by atoms with Gasteiger partial charge in [0.2, 0.25) is 5.88 Å². The van der Waals surface area contributed by atoms with Gasteiger partial charge in [-0.3, -0.25) is 10.1 Å². The second-order valence-corrected chi connectivity index (χ2v) is 5.42. The zero-order chi connectivity index (χ0) is 15.4. The summed E-state index contributed by atoms with van der Waals surface area (Å²) in [4.78, 5) is 16.0. The van der Waals surface area contributed by atoms with E-state index in [-0.39, 0.29) is 5.91 Å². The molecule has 3 aromatic rings. The Balaban J connectivity index is 1.63. The third-order valence-corrected chi connectivity index (χ3v) is 3.60. The van der Waals surface area contributed by atoms with Gasteiger partial charge in [-0.05, 0) is 19.1 Å². The second-order valence-electron chi connectivity index (χ2n) is 4.52. The van der Waals surface area contributed by atoms with Crippen LogP contribution in [0.1, 0.15) is 6.92 Å². The Bertz CT molecular complexity index is 740. The van der Waals surface area contributed by atoms with Gasteiger partial charge in [0.25, 0.3) is 5.91 Å². The molecule has 0 aliphatic rings. The molecule has 1 unspecified atom stereocenters. The SMILES string of the molecule is CC(Oc1ccn(-c2ccccc2)n1)C(=O)Nc1nccs1. The van der Waals surface area contributed by atoms with Gasteiger partial charge in [-0.15, -0.1) is 16.4 Å². The number of aromatic nitrogens is 3. The molecule has 1 atom stereocenters. The highest BCUT2D eigenvalue weighted by molar-refractivity contribution is 7.13. The van der Waals surface area contributed by atoms with Crippen LogP contribution in [0.2, 0.25) is 0 Å². The predicted molar refractivity (Wildman–Crippen MR) is 84.4 cm³/mol. The van der Waals surface area contributed by atoms with Crippen LogP contribution in [0, 0.1) is 0 Å². The van der Waals surface area contributed by atoms with Crippen LogP contribution in [0.25, 0.3) is 5.69 Å².